The number of hydrogen-bond acceptors (Lipinski definition) is 8. The molecule has 0 spiro atoms. The molecule has 11 heteroatoms. The first kappa shape index (κ1) is 19.3. The fourth-order valence-corrected chi connectivity index (χ4v) is 2.47. The summed E-state index contributed by atoms with van der Waals surface area (Å²) in [5, 5.41) is 30.0. The summed E-state index contributed by atoms with van der Waals surface area (Å²) in [7, 11) is 0. The zero-order chi connectivity index (χ0) is 19.0. The average Bonchev–Trinajstić information content (AvgIpc) is 3.10. The van der Waals surface area contributed by atoms with Crippen molar-refractivity contribution in [1.29, 1.82) is 10.5 Å². The maximum absolute atomic E-state index is 12.5. The Balaban J connectivity index is 2.07. The number of alkyl halides is 3. The molecule has 1 aromatic carbocycles. The summed E-state index contributed by atoms with van der Waals surface area (Å²) in [5.41, 5.74) is 1.24. The second kappa shape index (κ2) is 8.87. The second-order valence-corrected chi connectivity index (χ2v) is 5.86. The number of nitriles is 2. The van der Waals surface area contributed by atoms with Gasteiger partial charge in [-0.15, -0.1) is 20.4 Å². The number of anilines is 1. The molecule has 0 saturated heterocycles. The topological polar surface area (TPSA) is 101 Å². The van der Waals surface area contributed by atoms with Gasteiger partial charge in [-0.1, -0.05) is 11.3 Å². The highest BCUT2D eigenvalue weighted by Gasteiger charge is 2.35. The predicted molar refractivity (Wildman–Crippen MR) is 88.2 cm³/mol. The number of nitrogens with zero attached hydrogens (tertiary/aromatic N) is 7. The molecule has 0 aliphatic rings. The van der Waals surface area contributed by atoms with Crippen molar-refractivity contribution in [2.24, 2.45) is 10.2 Å². The van der Waals surface area contributed by atoms with Crippen LogP contribution in [-0.2, 0) is 6.18 Å². The van der Waals surface area contributed by atoms with Crippen molar-refractivity contribution in [1.82, 2.24) is 10.2 Å². The lowest BCUT2D eigenvalue weighted by atomic mass is 10.2. The van der Waals surface area contributed by atoms with Crippen LogP contribution in [0.1, 0.15) is 17.8 Å². The van der Waals surface area contributed by atoms with Gasteiger partial charge in [-0.05, 0) is 24.3 Å². The Morgan fingerprint density at radius 2 is 1.62 bits per heavy atom. The van der Waals surface area contributed by atoms with Crippen LogP contribution in [0.3, 0.4) is 0 Å². The molecule has 0 amide bonds. The Morgan fingerprint density at radius 3 is 2.12 bits per heavy atom. The van der Waals surface area contributed by atoms with Gasteiger partial charge in [0.15, 0.2) is 0 Å². The van der Waals surface area contributed by atoms with E-state index < -0.39 is 11.2 Å². The van der Waals surface area contributed by atoms with Crippen LogP contribution in [-0.4, -0.2) is 23.3 Å². The van der Waals surface area contributed by atoms with Crippen LogP contribution in [0.25, 0.3) is 0 Å². The third-order valence-electron chi connectivity index (χ3n) is 3.11. The summed E-state index contributed by atoms with van der Waals surface area (Å²) in [5.74, 6) is 0. The lowest BCUT2D eigenvalue weighted by Crippen LogP contribution is -2.25. The lowest BCUT2D eigenvalue weighted by molar-refractivity contribution is -0.138. The van der Waals surface area contributed by atoms with Crippen molar-refractivity contribution in [3.8, 4) is 12.1 Å². The minimum absolute atomic E-state index is 0.189. The van der Waals surface area contributed by atoms with Crippen molar-refractivity contribution in [3.05, 3.63) is 29.3 Å². The Kier molecular flexibility index (Phi) is 6.58. The quantitative estimate of drug-likeness (QED) is 0.654. The molecule has 1 aromatic heterocycles. The molecule has 134 valence electrons. The van der Waals surface area contributed by atoms with Crippen LogP contribution in [0.5, 0.6) is 0 Å². The van der Waals surface area contributed by atoms with Gasteiger partial charge in [0.2, 0.25) is 5.01 Å². The summed E-state index contributed by atoms with van der Waals surface area (Å²) in [4.78, 5) is 1.90. The highest BCUT2D eigenvalue weighted by Crippen LogP contribution is 2.34. The lowest BCUT2D eigenvalue weighted by Gasteiger charge is -2.22. The predicted octanol–water partition coefficient (Wildman–Crippen LogP) is 4.61. The molecule has 1 heterocycles. The van der Waals surface area contributed by atoms with E-state index in [1.807, 2.05) is 4.90 Å². The molecule has 0 aliphatic heterocycles. The van der Waals surface area contributed by atoms with E-state index in [4.69, 9.17) is 10.5 Å². The number of rotatable bonds is 7. The molecule has 0 bridgehead atoms. The molecule has 7 nitrogen and oxygen atoms in total. The first-order valence-corrected chi connectivity index (χ1v) is 8.17. The van der Waals surface area contributed by atoms with Gasteiger partial charge < -0.3 is 4.90 Å². The Bertz CT molecular complexity index is 813. The summed E-state index contributed by atoms with van der Waals surface area (Å²) >= 11 is 0.308. The van der Waals surface area contributed by atoms with Crippen molar-refractivity contribution in [3.63, 3.8) is 0 Å². The zero-order valence-electron chi connectivity index (χ0n) is 13.3. The zero-order valence-corrected chi connectivity index (χ0v) is 14.1. The standard InChI is InChI=1S/C15H12F3N7S/c16-15(17,18)13-22-24-14(26-13)23-21-11-3-5-12(6-4-11)25(9-1-7-19)10-2-8-20/h3-6H,1-2,9-10H2. The normalized spacial score (nSPS) is 11.3. The van der Waals surface area contributed by atoms with Crippen molar-refractivity contribution >= 4 is 27.8 Å². The van der Waals surface area contributed by atoms with E-state index in [9.17, 15) is 13.2 Å². The monoisotopic (exact) mass is 379 g/mol. The highest BCUT2D eigenvalue weighted by atomic mass is 32.1. The minimum atomic E-state index is -4.55. The van der Waals surface area contributed by atoms with E-state index >= 15 is 0 Å². The second-order valence-electron chi connectivity index (χ2n) is 4.91. The molecular formula is C15H12F3N7S. The number of aromatic nitrogens is 2. The number of azo groups is 1. The maximum Gasteiger partial charge on any atom is 0.445 e. The molecule has 0 N–H and O–H groups in total. The summed E-state index contributed by atoms with van der Waals surface area (Å²) in [6.45, 7) is 0.980. The van der Waals surface area contributed by atoms with Gasteiger partial charge >= 0.3 is 6.18 Å². The highest BCUT2D eigenvalue weighted by molar-refractivity contribution is 7.15. The fourth-order valence-electron chi connectivity index (χ4n) is 1.94. The van der Waals surface area contributed by atoms with Crippen molar-refractivity contribution < 1.29 is 13.2 Å². The Morgan fingerprint density at radius 1 is 1.00 bits per heavy atom. The van der Waals surface area contributed by atoms with Gasteiger partial charge in [-0.3, -0.25) is 0 Å². The molecular weight excluding hydrogens is 367 g/mol. The van der Waals surface area contributed by atoms with Crippen LogP contribution in [0.4, 0.5) is 29.7 Å². The smallest absolute Gasteiger partial charge is 0.369 e. The molecule has 0 unspecified atom stereocenters. The Labute approximate surface area is 151 Å². The van der Waals surface area contributed by atoms with E-state index in [1.165, 1.54) is 0 Å². The average molecular weight is 379 g/mol. The first-order valence-electron chi connectivity index (χ1n) is 7.35. The van der Waals surface area contributed by atoms with Gasteiger partial charge in [0.05, 0.1) is 30.7 Å². The van der Waals surface area contributed by atoms with Gasteiger partial charge in [0.1, 0.15) is 0 Å². The van der Waals surface area contributed by atoms with Gasteiger partial charge in [-0.2, -0.15) is 23.7 Å². The van der Waals surface area contributed by atoms with Crippen molar-refractivity contribution in [2.45, 2.75) is 19.0 Å². The largest absolute Gasteiger partial charge is 0.445 e. The van der Waals surface area contributed by atoms with E-state index in [-0.39, 0.29) is 5.13 Å². The molecule has 0 aliphatic carbocycles. The fraction of sp³-hybridized carbons (Fsp3) is 0.333. The van der Waals surface area contributed by atoms with Gasteiger partial charge in [-0.25, -0.2) is 0 Å². The van der Waals surface area contributed by atoms with E-state index in [2.05, 4.69) is 32.6 Å². The third-order valence-corrected chi connectivity index (χ3v) is 3.96. The molecule has 2 aromatic rings. The SMILES string of the molecule is N#CCCN(CCC#N)c1ccc(N=Nc2nnc(C(F)(F)F)s2)cc1. The van der Waals surface area contributed by atoms with Crippen LogP contribution >= 0.6 is 11.3 Å². The third kappa shape index (κ3) is 5.50. The Hall–Kier alpha value is -3.05. The molecule has 2 rings (SSSR count). The van der Waals surface area contributed by atoms with Crippen LogP contribution in [0, 0.1) is 22.7 Å². The summed E-state index contributed by atoms with van der Waals surface area (Å²) in [6, 6.07) is 10.9. The van der Waals surface area contributed by atoms with Crippen LogP contribution in [0.15, 0.2) is 34.5 Å². The number of benzene rings is 1. The maximum atomic E-state index is 12.5. The summed E-state index contributed by atoms with van der Waals surface area (Å²) in [6.07, 6.45) is -3.90. The van der Waals surface area contributed by atoms with Gasteiger partial charge in [0.25, 0.3) is 5.13 Å². The molecule has 0 atom stereocenters. The minimum Gasteiger partial charge on any atom is -0.369 e. The van der Waals surface area contributed by atoms with E-state index in [0.717, 1.165) is 5.69 Å². The first-order chi connectivity index (χ1) is 12.4. The molecule has 0 saturated carbocycles. The molecule has 26 heavy (non-hydrogen) atoms. The van der Waals surface area contributed by atoms with E-state index in [0.29, 0.717) is 43.0 Å². The molecule has 0 radical (unpaired) electrons. The van der Waals surface area contributed by atoms with Crippen LogP contribution < -0.4 is 4.90 Å². The number of hydrogen-bond donors (Lipinski definition) is 0. The van der Waals surface area contributed by atoms with Crippen molar-refractivity contribution in [2.75, 3.05) is 18.0 Å². The van der Waals surface area contributed by atoms with Gasteiger partial charge in [0, 0.05) is 18.8 Å². The summed E-state index contributed by atoms with van der Waals surface area (Å²) < 4.78 is 37.4. The van der Waals surface area contributed by atoms with Crippen LogP contribution in [0.2, 0.25) is 0 Å². The van der Waals surface area contributed by atoms with E-state index in [1.54, 1.807) is 24.3 Å². The molecule has 0 fully saturated rings. The number of halogens is 3.